The molecule has 1 atom stereocenters. The van der Waals surface area contributed by atoms with Crippen LogP contribution in [0, 0.1) is 18.3 Å². The monoisotopic (exact) mass is 310 g/mol. The van der Waals surface area contributed by atoms with Crippen LogP contribution in [0.25, 0.3) is 0 Å². The summed E-state index contributed by atoms with van der Waals surface area (Å²) in [6.07, 6.45) is 1.48. The molecule has 5 nitrogen and oxygen atoms in total. The molecule has 118 valence electrons. The van der Waals surface area contributed by atoms with Crippen molar-refractivity contribution in [2.45, 2.75) is 19.8 Å². The summed E-state index contributed by atoms with van der Waals surface area (Å²) in [5, 5.41) is 9.49. The van der Waals surface area contributed by atoms with Gasteiger partial charge in [0.05, 0.1) is 11.5 Å². The zero-order chi connectivity index (χ0) is 17.0. The fourth-order valence-electron chi connectivity index (χ4n) is 2.58. The first kappa shape index (κ1) is 16.4. The summed E-state index contributed by atoms with van der Waals surface area (Å²) in [4.78, 5) is 12.4. The van der Waals surface area contributed by atoms with E-state index in [-0.39, 0.29) is 23.6 Å². The average molecular weight is 310 g/mol. The highest BCUT2D eigenvalue weighted by Gasteiger charge is 2.36. The first-order valence-corrected chi connectivity index (χ1v) is 7.13. The SMILES string of the molecule is C=CCOC(=O)C1=C(C)OC(N)=C(C#N)[C@H]1c1ccccc1C. The van der Waals surface area contributed by atoms with Gasteiger partial charge in [0, 0.05) is 0 Å². The number of aryl methyl sites for hydroxylation is 1. The molecule has 0 radical (unpaired) electrons. The molecule has 2 N–H and O–H groups in total. The lowest BCUT2D eigenvalue weighted by Gasteiger charge is -2.27. The second-order valence-electron chi connectivity index (χ2n) is 5.14. The summed E-state index contributed by atoms with van der Waals surface area (Å²) >= 11 is 0. The lowest BCUT2D eigenvalue weighted by atomic mass is 9.81. The Hall–Kier alpha value is -3.00. The highest BCUT2D eigenvalue weighted by atomic mass is 16.5. The number of benzene rings is 1. The van der Waals surface area contributed by atoms with E-state index in [9.17, 15) is 10.1 Å². The summed E-state index contributed by atoms with van der Waals surface area (Å²) < 4.78 is 10.5. The summed E-state index contributed by atoms with van der Waals surface area (Å²) in [5.41, 5.74) is 8.11. The smallest absolute Gasteiger partial charge is 0.338 e. The van der Waals surface area contributed by atoms with E-state index in [1.807, 2.05) is 31.2 Å². The lowest BCUT2D eigenvalue weighted by molar-refractivity contribution is -0.138. The van der Waals surface area contributed by atoms with E-state index in [1.54, 1.807) is 6.92 Å². The molecule has 1 aromatic carbocycles. The predicted molar refractivity (Wildman–Crippen MR) is 85.7 cm³/mol. The Morgan fingerprint density at radius 1 is 1.48 bits per heavy atom. The van der Waals surface area contributed by atoms with Crippen LogP contribution < -0.4 is 5.73 Å². The Labute approximate surface area is 135 Å². The van der Waals surface area contributed by atoms with Gasteiger partial charge in [0.25, 0.3) is 0 Å². The number of hydrogen-bond donors (Lipinski definition) is 1. The molecule has 2 rings (SSSR count). The highest BCUT2D eigenvalue weighted by molar-refractivity contribution is 5.92. The zero-order valence-electron chi connectivity index (χ0n) is 13.1. The number of allylic oxidation sites excluding steroid dienone is 2. The zero-order valence-corrected chi connectivity index (χ0v) is 13.1. The fraction of sp³-hybridized carbons (Fsp3) is 0.222. The summed E-state index contributed by atoms with van der Waals surface area (Å²) in [6, 6.07) is 9.58. The van der Waals surface area contributed by atoms with Gasteiger partial charge in [-0.1, -0.05) is 36.9 Å². The fourth-order valence-corrected chi connectivity index (χ4v) is 2.58. The molecule has 5 heteroatoms. The number of carbonyl (C=O) groups excluding carboxylic acids is 1. The van der Waals surface area contributed by atoms with E-state index in [0.29, 0.717) is 5.76 Å². The van der Waals surface area contributed by atoms with E-state index in [0.717, 1.165) is 11.1 Å². The number of rotatable bonds is 4. The minimum absolute atomic E-state index is 0.0125. The predicted octanol–water partition coefficient (Wildman–Crippen LogP) is 2.81. The number of hydrogen-bond acceptors (Lipinski definition) is 5. The molecule has 0 fully saturated rings. The summed E-state index contributed by atoms with van der Waals surface area (Å²) in [6.45, 7) is 7.16. The number of carbonyl (C=O) groups is 1. The highest BCUT2D eigenvalue weighted by Crippen LogP contribution is 2.40. The Balaban J connectivity index is 2.60. The third-order valence-electron chi connectivity index (χ3n) is 3.66. The molecule has 0 bridgehead atoms. The molecule has 0 saturated carbocycles. The molecule has 0 spiro atoms. The molecule has 0 saturated heterocycles. The first-order valence-electron chi connectivity index (χ1n) is 7.13. The Morgan fingerprint density at radius 2 is 2.17 bits per heavy atom. The topological polar surface area (TPSA) is 85.3 Å². The van der Waals surface area contributed by atoms with E-state index >= 15 is 0 Å². The minimum atomic E-state index is -0.604. The van der Waals surface area contributed by atoms with Crippen LogP contribution in [0.4, 0.5) is 0 Å². The molecule has 1 aliphatic heterocycles. The maximum Gasteiger partial charge on any atom is 0.338 e. The van der Waals surface area contributed by atoms with Gasteiger partial charge in [0.15, 0.2) is 0 Å². The van der Waals surface area contributed by atoms with E-state index < -0.39 is 11.9 Å². The second-order valence-corrected chi connectivity index (χ2v) is 5.14. The van der Waals surface area contributed by atoms with E-state index in [1.165, 1.54) is 6.08 Å². The number of nitrogens with two attached hydrogens (primary N) is 1. The first-order chi connectivity index (χ1) is 11.0. The van der Waals surface area contributed by atoms with Crippen LogP contribution in [0.5, 0.6) is 0 Å². The second kappa shape index (κ2) is 6.84. The summed E-state index contributed by atoms with van der Waals surface area (Å²) in [7, 11) is 0. The van der Waals surface area contributed by atoms with Crippen LogP contribution in [0.1, 0.15) is 24.0 Å². The van der Waals surface area contributed by atoms with Crippen molar-refractivity contribution < 1.29 is 14.3 Å². The molecule has 0 unspecified atom stereocenters. The molecule has 23 heavy (non-hydrogen) atoms. The van der Waals surface area contributed by atoms with Crippen LogP contribution in [0.3, 0.4) is 0 Å². The van der Waals surface area contributed by atoms with Gasteiger partial charge >= 0.3 is 5.97 Å². The van der Waals surface area contributed by atoms with Crippen molar-refractivity contribution in [3.8, 4) is 6.07 Å². The molecule has 0 aliphatic carbocycles. The van der Waals surface area contributed by atoms with Crippen LogP contribution in [-0.2, 0) is 14.3 Å². The van der Waals surface area contributed by atoms with Gasteiger partial charge in [-0.15, -0.1) is 0 Å². The third kappa shape index (κ3) is 3.11. The number of nitrogens with zero attached hydrogens (tertiary/aromatic N) is 1. The standard InChI is InChI=1S/C18H18N2O3/c1-4-9-22-18(21)15-12(3)23-17(20)14(10-19)16(15)13-8-6-5-7-11(13)2/h4-8,16H,1,9,20H2,2-3H3/t16-/m1/s1. The lowest BCUT2D eigenvalue weighted by Crippen LogP contribution is -2.26. The van der Waals surface area contributed by atoms with Crippen LogP contribution >= 0.6 is 0 Å². The van der Waals surface area contributed by atoms with Crippen molar-refractivity contribution in [1.29, 1.82) is 5.26 Å². The normalized spacial score (nSPS) is 17.3. The van der Waals surface area contributed by atoms with Gasteiger partial charge in [0.1, 0.15) is 24.0 Å². The molecule has 1 aliphatic rings. The quantitative estimate of drug-likeness (QED) is 0.682. The van der Waals surface area contributed by atoms with Gasteiger partial charge in [0.2, 0.25) is 5.88 Å². The van der Waals surface area contributed by atoms with Crippen molar-refractivity contribution in [3.63, 3.8) is 0 Å². The Bertz CT molecular complexity index is 754. The Kier molecular flexibility index (Phi) is 4.87. The van der Waals surface area contributed by atoms with Crippen LogP contribution in [0.2, 0.25) is 0 Å². The number of ether oxygens (including phenoxy) is 2. The van der Waals surface area contributed by atoms with Gasteiger partial charge in [-0.2, -0.15) is 5.26 Å². The molecule has 1 heterocycles. The maximum atomic E-state index is 12.4. The maximum absolute atomic E-state index is 12.4. The van der Waals surface area contributed by atoms with Gasteiger partial charge in [-0.25, -0.2) is 4.79 Å². The number of esters is 1. The van der Waals surface area contributed by atoms with Crippen LogP contribution in [-0.4, -0.2) is 12.6 Å². The third-order valence-corrected chi connectivity index (χ3v) is 3.66. The van der Waals surface area contributed by atoms with Gasteiger partial charge in [-0.3, -0.25) is 0 Å². The average Bonchev–Trinajstić information content (AvgIpc) is 2.52. The molecule has 1 aromatic rings. The summed E-state index contributed by atoms with van der Waals surface area (Å²) in [5.74, 6) is -0.800. The molecular weight excluding hydrogens is 292 g/mol. The van der Waals surface area contributed by atoms with Crippen molar-refractivity contribution in [2.24, 2.45) is 5.73 Å². The van der Waals surface area contributed by atoms with Crippen LogP contribution in [0.15, 0.2) is 59.7 Å². The van der Waals surface area contributed by atoms with Gasteiger partial charge < -0.3 is 15.2 Å². The van der Waals surface area contributed by atoms with Gasteiger partial charge in [-0.05, 0) is 25.0 Å². The largest absolute Gasteiger partial charge is 0.458 e. The molecule has 0 aromatic heterocycles. The van der Waals surface area contributed by atoms with Crippen molar-refractivity contribution in [1.82, 2.24) is 0 Å². The minimum Gasteiger partial charge on any atom is -0.458 e. The molecule has 0 amide bonds. The van der Waals surface area contributed by atoms with E-state index in [4.69, 9.17) is 15.2 Å². The molecular formula is C18H18N2O3. The van der Waals surface area contributed by atoms with Crippen molar-refractivity contribution in [2.75, 3.05) is 6.61 Å². The number of nitriles is 1. The van der Waals surface area contributed by atoms with Crippen molar-refractivity contribution in [3.05, 3.63) is 70.8 Å². The van der Waals surface area contributed by atoms with E-state index in [2.05, 4.69) is 12.6 Å². The Morgan fingerprint density at radius 3 is 2.78 bits per heavy atom. The van der Waals surface area contributed by atoms with Crippen molar-refractivity contribution >= 4 is 5.97 Å².